The molecule has 0 atom stereocenters. The number of carbonyl (C=O) groups is 2. The Hall–Kier alpha value is -3.58. The zero-order valence-electron chi connectivity index (χ0n) is 13.6. The van der Waals surface area contributed by atoms with Crippen LogP contribution in [0.25, 0.3) is 10.8 Å². The van der Waals surface area contributed by atoms with Gasteiger partial charge in [0.25, 0.3) is 17.5 Å². The number of imide groups is 1. The fraction of sp³-hybridized carbons (Fsp3) is 0. The summed E-state index contributed by atoms with van der Waals surface area (Å²) in [6.07, 6.45) is 1.31. The number of rotatable bonds is 3. The molecule has 0 aliphatic carbocycles. The molecule has 0 saturated carbocycles. The number of non-ortho nitro benzene ring substituents is 1. The van der Waals surface area contributed by atoms with Gasteiger partial charge in [0, 0.05) is 28.1 Å². The Kier molecular flexibility index (Phi) is 3.93. The van der Waals surface area contributed by atoms with Gasteiger partial charge in [-0.1, -0.05) is 41.9 Å². The minimum atomic E-state index is -0.726. The van der Waals surface area contributed by atoms with Crippen LogP contribution in [-0.2, 0) is 0 Å². The molecule has 1 aliphatic heterocycles. The molecule has 4 rings (SSSR count). The van der Waals surface area contributed by atoms with E-state index < -0.39 is 16.7 Å². The molecule has 8 heteroatoms. The number of nitro groups is 1. The van der Waals surface area contributed by atoms with E-state index in [9.17, 15) is 19.7 Å². The maximum absolute atomic E-state index is 12.8. The number of carbonyl (C=O) groups excluding carboxylic acids is 2. The molecule has 0 unspecified atom stereocenters. The quantitative estimate of drug-likeness (QED) is 0.297. The minimum Gasteiger partial charge on any atom is -0.267 e. The first-order chi connectivity index (χ1) is 13.0. The van der Waals surface area contributed by atoms with E-state index in [1.165, 1.54) is 18.3 Å². The Balaban J connectivity index is 1.86. The second-order valence-electron chi connectivity index (χ2n) is 5.84. The molecular weight excluding hydrogens is 370 g/mol. The van der Waals surface area contributed by atoms with Gasteiger partial charge in [-0.15, -0.1) is 0 Å². The molecule has 132 valence electrons. The lowest BCUT2D eigenvalue weighted by molar-refractivity contribution is -0.384. The summed E-state index contributed by atoms with van der Waals surface area (Å²) in [6, 6.07) is 14.1. The van der Waals surface area contributed by atoms with Gasteiger partial charge in [-0.3, -0.25) is 19.7 Å². The first-order valence-corrected chi connectivity index (χ1v) is 8.23. The highest BCUT2D eigenvalue weighted by Gasteiger charge is 2.34. The lowest BCUT2D eigenvalue weighted by Crippen LogP contribution is -2.36. The molecule has 3 aromatic carbocycles. The van der Waals surface area contributed by atoms with Gasteiger partial charge in [0.15, 0.2) is 0 Å². The number of hydrazone groups is 1. The van der Waals surface area contributed by atoms with Gasteiger partial charge in [0.2, 0.25) is 0 Å². The van der Waals surface area contributed by atoms with Gasteiger partial charge in [0.1, 0.15) is 0 Å². The maximum atomic E-state index is 12.8. The van der Waals surface area contributed by atoms with Crippen LogP contribution in [0.3, 0.4) is 0 Å². The lowest BCUT2D eigenvalue weighted by atomic mass is 9.94. The SMILES string of the molecule is O=C1c2cccc3cc([N+](=O)[O-])cc(c23)C(=O)N1N=Cc1ccccc1Cl. The summed E-state index contributed by atoms with van der Waals surface area (Å²) in [7, 11) is 0. The van der Waals surface area contributed by atoms with Crippen molar-refractivity contribution in [1.29, 1.82) is 0 Å². The molecule has 7 nitrogen and oxygen atoms in total. The van der Waals surface area contributed by atoms with E-state index in [1.807, 2.05) is 0 Å². The van der Waals surface area contributed by atoms with Gasteiger partial charge < -0.3 is 0 Å². The topological polar surface area (TPSA) is 92.9 Å². The Morgan fingerprint density at radius 3 is 2.48 bits per heavy atom. The first-order valence-electron chi connectivity index (χ1n) is 7.86. The summed E-state index contributed by atoms with van der Waals surface area (Å²) < 4.78 is 0. The highest BCUT2D eigenvalue weighted by molar-refractivity contribution is 6.33. The summed E-state index contributed by atoms with van der Waals surface area (Å²) in [4.78, 5) is 36.2. The number of amides is 2. The average Bonchev–Trinajstić information content (AvgIpc) is 2.66. The number of nitro benzene ring substituents is 1. The number of hydrogen-bond donors (Lipinski definition) is 0. The maximum Gasteiger partial charge on any atom is 0.282 e. The second-order valence-corrected chi connectivity index (χ2v) is 6.25. The Labute approximate surface area is 157 Å². The summed E-state index contributed by atoms with van der Waals surface area (Å²) >= 11 is 6.06. The minimum absolute atomic E-state index is 0.0608. The van der Waals surface area contributed by atoms with Gasteiger partial charge in [-0.25, -0.2) is 0 Å². The largest absolute Gasteiger partial charge is 0.282 e. The predicted octanol–water partition coefficient (Wildman–Crippen LogP) is 4.03. The van der Waals surface area contributed by atoms with Crippen LogP contribution in [-0.4, -0.2) is 28.0 Å². The van der Waals surface area contributed by atoms with E-state index in [0.717, 1.165) is 0 Å². The highest BCUT2D eigenvalue weighted by atomic mass is 35.5. The fourth-order valence-electron chi connectivity index (χ4n) is 2.99. The molecule has 3 aromatic rings. The zero-order chi connectivity index (χ0) is 19.1. The molecule has 1 aliphatic rings. The van der Waals surface area contributed by atoms with Crippen molar-refractivity contribution in [2.45, 2.75) is 0 Å². The van der Waals surface area contributed by atoms with Crippen molar-refractivity contribution in [2.75, 3.05) is 0 Å². The molecular formula is C19H10ClN3O4. The van der Waals surface area contributed by atoms with E-state index in [-0.39, 0.29) is 16.8 Å². The molecule has 0 saturated heterocycles. The van der Waals surface area contributed by atoms with Crippen LogP contribution >= 0.6 is 11.6 Å². The van der Waals surface area contributed by atoms with Crippen molar-refractivity contribution in [2.24, 2.45) is 5.10 Å². The molecule has 0 N–H and O–H groups in total. The van der Waals surface area contributed by atoms with Crippen molar-refractivity contribution in [1.82, 2.24) is 5.01 Å². The van der Waals surface area contributed by atoms with Crippen LogP contribution in [0.2, 0.25) is 5.02 Å². The van der Waals surface area contributed by atoms with Crippen LogP contribution in [0, 0.1) is 10.1 Å². The van der Waals surface area contributed by atoms with E-state index in [0.29, 0.717) is 26.4 Å². The van der Waals surface area contributed by atoms with Crippen LogP contribution < -0.4 is 0 Å². The van der Waals surface area contributed by atoms with Crippen molar-refractivity contribution in [3.05, 3.63) is 86.4 Å². The molecule has 0 aromatic heterocycles. The third kappa shape index (κ3) is 2.74. The van der Waals surface area contributed by atoms with Gasteiger partial charge in [-0.05, 0) is 17.5 Å². The van der Waals surface area contributed by atoms with Crippen molar-refractivity contribution < 1.29 is 14.5 Å². The summed E-state index contributed by atoms with van der Waals surface area (Å²) in [5, 5.41) is 17.1. The molecule has 0 bridgehead atoms. The lowest BCUT2D eigenvalue weighted by Gasteiger charge is -2.23. The van der Waals surface area contributed by atoms with Crippen LogP contribution in [0.5, 0.6) is 0 Å². The second kappa shape index (κ2) is 6.30. The zero-order valence-corrected chi connectivity index (χ0v) is 14.4. The third-order valence-corrected chi connectivity index (χ3v) is 4.58. The fourth-order valence-corrected chi connectivity index (χ4v) is 3.17. The summed E-state index contributed by atoms with van der Waals surface area (Å²) in [6.45, 7) is 0. The van der Waals surface area contributed by atoms with Crippen LogP contribution in [0.1, 0.15) is 26.3 Å². The molecule has 0 radical (unpaired) electrons. The summed E-state index contributed by atoms with van der Waals surface area (Å²) in [5.74, 6) is -1.33. The molecule has 27 heavy (non-hydrogen) atoms. The first kappa shape index (κ1) is 16.9. The summed E-state index contributed by atoms with van der Waals surface area (Å²) in [5.41, 5.74) is 0.620. The average molecular weight is 380 g/mol. The predicted molar refractivity (Wildman–Crippen MR) is 100 cm³/mol. The Morgan fingerprint density at radius 2 is 1.74 bits per heavy atom. The van der Waals surface area contributed by atoms with Gasteiger partial charge in [0.05, 0.1) is 22.3 Å². The molecule has 1 heterocycles. The van der Waals surface area contributed by atoms with E-state index in [2.05, 4.69) is 5.10 Å². The van der Waals surface area contributed by atoms with Crippen LogP contribution in [0.15, 0.2) is 59.7 Å². The smallest absolute Gasteiger partial charge is 0.267 e. The molecule has 2 amide bonds. The van der Waals surface area contributed by atoms with Gasteiger partial charge >= 0.3 is 0 Å². The third-order valence-electron chi connectivity index (χ3n) is 4.24. The van der Waals surface area contributed by atoms with Crippen molar-refractivity contribution in [3.8, 4) is 0 Å². The Morgan fingerprint density at radius 1 is 1.00 bits per heavy atom. The monoisotopic (exact) mass is 379 g/mol. The van der Waals surface area contributed by atoms with Gasteiger partial charge in [-0.2, -0.15) is 10.1 Å². The highest BCUT2D eigenvalue weighted by Crippen LogP contribution is 2.33. The van der Waals surface area contributed by atoms with E-state index in [4.69, 9.17) is 11.6 Å². The van der Waals surface area contributed by atoms with Crippen LogP contribution in [0.4, 0.5) is 5.69 Å². The molecule has 0 fully saturated rings. The van der Waals surface area contributed by atoms with E-state index >= 15 is 0 Å². The Bertz CT molecular complexity index is 1170. The number of halogens is 1. The number of benzene rings is 3. The number of nitrogens with zero attached hydrogens (tertiary/aromatic N) is 3. The number of hydrogen-bond acceptors (Lipinski definition) is 5. The normalized spacial score (nSPS) is 13.6. The van der Waals surface area contributed by atoms with Crippen molar-refractivity contribution in [3.63, 3.8) is 0 Å². The van der Waals surface area contributed by atoms with Crippen molar-refractivity contribution >= 4 is 46.1 Å². The molecule has 0 spiro atoms. The standard InChI is InChI=1S/C19H10ClN3O4/c20-16-7-2-1-4-12(16)10-21-22-18(24)14-6-3-5-11-8-13(23(26)27)9-15(17(11)14)19(22)25/h1-10H. The van der Waals surface area contributed by atoms with E-state index in [1.54, 1.807) is 42.5 Å².